The van der Waals surface area contributed by atoms with Crippen molar-refractivity contribution >= 4 is 40.0 Å². The Balaban J connectivity index is 1.38. The van der Waals surface area contributed by atoms with Crippen LogP contribution in [0.25, 0.3) is 11.0 Å². The molecule has 0 saturated carbocycles. The lowest BCUT2D eigenvalue weighted by Gasteiger charge is -2.29. The van der Waals surface area contributed by atoms with Crippen molar-refractivity contribution < 1.29 is 19.4 Å². The van der Waals surface area contributed by atoms with E-state index in [9.17, 15) is 14.7 Å². The Kier molecular flexibility index (Phi) is 7.09. The van der Waals surface area contributed by atoms with Crippen molar-refractivity contribution in [2.75, 3.05) is 18.5 Å². The van der Waals surface area contributed by atoms with Gasteiger partial charge >= 0.3 is 0 Å². The van der Waals surface area contributed by atoms with Crippen molar-refractivity contribution in [2.24, 2.45) is 0 Å². The fourth-order valence-corrected chi connectivity index (χ4v) is 4.71. The third-order valence-corrected chi connectivity index (χ3v) is 6.68. The quantitative estimate of drug-likeness (QED) is 0.307. The van der Waals surface area contributed by atoms with Crippen molar-refractivity contribution in [2.45, 2.75) is 31.4 Å². The molecule has 1 saturated heterocycles. The Morgan fingerprint density at radius 3 is 2.67 bits per heavy atom. The lowest BCUT2D eigenvalue weighted by Crippen LogP contribution is -2.36. The molecule has 3 N–H and O–H groups in total. The summed E-state index contributed by atoms with van der Waals surface area (Å²) in [7, 11) is 0. The molecule has 36 heavy (non-hydrogen) atoms. The molecular formula is C27H25ClN4O4. The van der Waals surface area contributed by atoms with Gasteiger partial charge in [-0.05, 0) is 30.5 Å². The van der Waals surface area contributed by atoms with Crippen molar-refractivity contribution in [3.05, 3.63) is 88.3 Å². The Morgan fingerprint density at radius 2 is 1.94 bits per heavy atom. The van der Waals surface area contributed by atoms with Crippen LogP contribution in [0.1, 0.15) is 44.7 Å². The number of ketones is 2. The summed E-state index contributed by atoms with van der Waals surface area (Å²) >= 11 is 6.52. The Bertz CT molecular complexity index is 1400. The molecule has 2 atom stereocenters. The monoisotopic (exact) mass is 504 g/mol. The molecule has 0 spiro atoms. The predicted octanol–water partition coefficient (Wildman–Crippen LogP) is 4.22. The number of hydrogen-bond donors (Lipinski definition) is 3. The molecule has 2 aromatic heterocycles. The number of nitrogens with one attached hydrogen (secondary N) is 2. The first kappa shape index (κ1) is 24.1. The predicted molar refractivity (Wildman–Crippen MR) is 137 cm³/mol. The zero-order valence-corrected chi connectivity index (χ0v) is 20.2. The second-order valence-corrected chi connectivity index (χ2v) is 9.22. The van der Waals surface area contributed by atoms with E-state index in [1.165, 1.54) is 6.33 Å². The van der Waals surface area contributed by atoms with Crippen LogP contribution in [0, 0.1) is 0 Å². The molecule has 0 bridgehead atoms. The van der Waals surface area contributed by atoms with Crippen molar-refractivity contribution in [1.82, 2.24) is 15.0 Å². The summed E-state index contributed by atoms with van der Waals surface area (Å²) in [4.78, 5) is 37.8. The van der Waals surface area contributed by atoms with Gasteiger partial charge in [0, 0.05) is 23.7 Å². The maximum atomic E-state index is 13.5. The van der Waals surface area contributed by atoms with Crippen molar-refractivity contribution in [3.8, 4) is 0 Å². The number of carbonyl (C=O) groups is 2. The summed E-state index contributed by atoms with van der Waals surface area (Å²) in [5.41, 5.74) is 2.61. The molecule has 184 valence electrons. The molecule has 2 unspecified atom stereocenters. The van der Waals surface area contributed by atoms with Gasteiger partial charge in [-0.2, -0.15) is 0 Å². The van der Waals surface area contributed by atoms with Gasteiger partial charge in [-0.15, -0.1) is 0 Å². The number of aliphatic hydroxyl groups excluding tert-OH is 1. The number of ether oxygens (including phenoxy) is 1. The van der Waals surface area contributed by atoms with E-state index in [2.05, 4.69) is 20.3 Å². The Morgan fingerprint density at radius 1 is 1.11 bits per heavy atom. The summed E-state index contributed by atoms with van der Waals surface area (Å²) in [6.07, 6.45) is 4.62. The zero-order chi connectivity index (χ0) is 25.1. The van der Waals surface area contributed by atoms with Gasteiger partial charge in [0.25, 0.3) is 0 Å². The average molecular weight is 505 g/mol. The number of aliphatic hydroxyl groups is 1. The highest BCUT2D eigenvalue weighted by molar-refractivity contribution is 6.35. The third-order valence-electron chi connectivity index (χ3n) is 6.37. The lowest BCUT2D eigenvalue weighted by molar-refractivity contribution is -0.0224. The number of halogens is 1. The normalized spacial score (nSPS) is 17.7. The molecule has 2 aromatic carbocycles. The van der Waals surface area contributed by atoms with E-state index in [-0.39, 0.29) is 41.8 Å². The van der Waals surface area contributed by atoms with Crippen LogP contribution in [0.2, 0.25) is 5.02 Å². The van der Waals surface area contributed by atoms with Gasteiger partial charge < -0.3 is 20.1 Å². The van der Waals surface area contributed by atoms with E-state index < -0.39 is 0 Å². The zero-order valence-electron chi connectivity index (χ0n) is 19.4. The SMILES string of the molecule is O=C(Cc1ccc(C(=O)c2c[nH]c3ncnc(NC4CCC(CO)OC4)c23)c(Cl)c1)c1ccccc1. The van der Waals surface area contributed by atoms with Crippen LogP contribution in [0.3, 0.4) is 0 Å². The number of aromatic amines is 1. The second-order valence-electron chi connectivity index (χ2n) is 8.81. The minimum absolute atomic E-state index is 0.000891. The number of carbonyl (C=O) groups excluding carboxylic acids is 2. The minimum atomic E-state index is -0.273. The highest BCUT2D eigenvalue weighted by Gasteiger charge is 2.25. The number of anilines is 1. The maximum absolute atomic E-state index is 13.5. The number of H-pyrrole nitrogens is 1. The molecule has 4 aromatic rings. The van der Waals surface area contributed by atoms with Gasteiger partial charge in [0.2, 0.25) is 0 Å². The fraction of sp³-hybridized carbons (Fsp3) is 0.259. The van der Waals surface area contributed by atoms with Crippen LogP contribution in [0.15, 0.2) is 61.1 Å². The van der Waals surface area contributed by atoms with Crippen molar-refractivity contribution in [1.29, 1.82) is 0 Å². The van der Waals surface area contributed by atoms with E-state index in [0.717, 1.165) is 18.4 Å². The van der Waals surface area contributed by atoms with Gasteiger partial charge in [0.1, 0.15) is 17.8 Å². The molecule has 1 aliphatic rings. The first-order valence-corrected chi connectivity index (χ1v) is 12.1. The number of rotatable bonds is 8. The summed E-state index contributed by atoms with van der Waals surface area (Å²) in [6.45, 7) is 0.431. The summed E-state index contributed by atoms with van der Waals surface area (Å²) < 4.78 is 5.66. The first-order valence-electron chi connectivity index (χ1n) is 11.8. The van der Waals surface area contributed by atoms with Gasteiger partial charge in [0.05, 0.1) is 41.3 Å². The molecule has 0 amide bonds. The lowest BCUT2D eigenvalue weighted by atomic mass is 9.98. The number of fused-ring (bicyclic) bond motifs is 1. The molecule has 0 aliphatic carbocycles. The Labute approximate surface area is 212 Å². The molecule has 0 radical (unpaired) electrons. The number of Topliss-reactive ketones (excluding diaryl/α,β-unsaturated/α-hetero) is 1. The molecule has 9 heteroatoms. The fourth-order valence-electron chi connectivity index (χ4n) is 4.42. The molecule has 1 fully saturated rings. The average Bonchev–Trinajstić information content (AvgIpc) is 3.35. The maximum Gasteiger partial charge on any atom is 0.196 e. The number of aromatic nitrogens is 3. The van der Waals surface area contributed by atoms with Crippen LogP contribution in [-0.4, -0.2) is 57.0 Å². The molecule has 5 rings (SSSR count). The number of benzene rings is 2. The molecule has 3 heterocycles. The summed E-state index contributed by atoms with van der Waals surface area (Å²) in [6, 6.07) is 14.1. The van der Waals surface area contributed by atoms with E-state index in [1.54, 1.807) is 36.5 Å². The highest BCUT2D eigenvalue weighted by Crippen LogP contribution is 2.30. The van der Waals surface area contributed by atoms with Gasteiger partial charge in [0.15, 0.2) is 11.6 Å². The van der Waals surface area contributed by atoms with Crippen LogP contribution < -0.4 is 5.32 Å². The topological polar surface area (TPSA) is 117 Å². The molecule has 1 aliphatic heterocycles. The summed E-state index contributed by atoms with van der Waals surface area (Å²) in [5.74, 6) is 0.236. The van der Waals surface area contributed by atoms with Crippen LogP contribution >= 0.6 is 11.6 Å². The third kappa shape index (κ3) is 5.02. The van der Waals surface area contributed by atoms with Crippen LogP contribution in [-0.2, 0) is 11.2 Å². The standard InChI is InChI=1S/C27H25ClN4O4/c28-22-10-16(11-23(34)17-4-2-1-3-5-17)6-9-20(22)25(35)21-12-29-26-24(21)27(31-15-30-26)32-18-7-8-19(13-33)36-14-18/h1-6,9-10,12,15,18-19,33H,7-8,11,13-14H2,(H2,29,30,31,32). The second kappa shape index (κ2) is 10.6. The van der Waals surface area contributed by atoms with Crippen molar-refractivity contribution in [3.63, 3.8) is 0 Å². The van der Waals surface area contributed by atoms with Gasteiger partial charge in [-0.1, -0.05) is 48.0 Å². The Hall–Kier alpha value is -3.59. The molecular weight excluding hydrogens is 480 g/mol. The van der Waals surface area contributed by atoms with Crippen LogP contribution in [0.5, 0.6) is 0 Å². The highest BCUT2D eigenvalue weighted by atomic mass is 35.5. The van der Waals surface area contributed by atoms with Crippen LogP contribution in [0.4, 0.5) is 5.82 Å². The number of nitrogens with zero attached hydrogens (tertiary/aromatic N) is 2. The van der Waals surface area contributed by atoms with E-state index in [0.29, 0.717) is 40.1 Å². The van der Waals surface area contributed by atoms with Gasteiger partial charge in [-0.3, -0.25) is 9.59 Å². The first-order chi connectivity index (χ1) is 17.5. The van der Waals surface area contributed by atoms with E-state index in [4.69, 9.17) is 16.3 Å². The largest absolute Gasteiger partial charge is 0.394 e. The summed E-state index contributed by atoms with van der Waals surface area (Å²) in [5, 5.41) is 13.5. The smallest absolute Gasteiger partial charge is 0.196 e. The van der Waals surface area contributed by atoms with E-state index >= 15 is 0 Å². The minimum Gasteiger partial charge on any atom is -0.394 e. The van der Waals surface area contributed by atoms with E-state index in [1.807, 2.05) is 18.2 Å². The molecule has 8 nitrogen and oxygen atoms in total. The van der Waals surface area contributed by atoms with Gasteiger partial charge in [-0.25, -0.2) is 9.97 Å². The number of hydrogen-bond acceptors (Lipinski definition) is 7.